The molecule has 0 atom stereocenters. The minimum Gasteiger partial charge on any atom is -0.423 e. The summed E-state index contributed by atoms with van der Waals surface area (Å²) in [4.78, 5) is 11.8. The number of benzene rings is 1. The fraction of sp³-hybridized carbons (Fsp3) is 0.300. The van der Waals surface area contributed by atoms with Crippen LogP contribution in [0.4, 0.5) is 18.9 Å². The maximum Gasteiger partial charge on any atom is 0.488 e. The van der Waals surface area contributed by atoms with Crippen LogP contribution in [0.1, 0.15) is 5.56 Å². The van der Waals surface area contributed by atoms with E-state index in [0.29, 0.717) is 16.9 Å². The van der Waals surface area contributed by atoms with Gasteiger partial charge in [-0.15, -0.1) is 0 Å². The zero-order valence-corrected chi connectivity index (χ0v) is 9.11. The van der Waals surface area contributed by atoms with Crippen molar-refractivity contribution in [1.29, 1.82) is 0 Å². The van der Waals surface area contributed by atoms with Crippen molar-refractivity contribution in [3.8, 4) is 0 Å². The smallest absolute Gasteiger partial charge is 0.423 e. The topological polar surface area (TPSA) is 60.8 Å². The van der Waals surface area contributed by atoms with Crippen LogP contribution in [0.15, 0.2) is 18.2 Å². The fourth-order valence-corrected chi connectivity index (χ4v) is 1.92. The van der Waals surface area contributed by atoms with Crippen LogP contribution in [0.2, 0.25) is 0 Å². The Bertz CT molecular complexity index is 490. The van der Waals surface area contributed by atoms with Gasteiger partial charge in [-0.25, -0.2) is 0 Å². The fourth-order valence-electron chi connectivity index (χ4n) is 1.92. The highest BCUT2D eigenvalue weighted by molar-refractivity contribution is 6.58. The first kappa shape index (κ1) is 12.9. The molecule has 0 unspecified atom stereocenters. The lowest BCUT2D eigenvalue weighted by Crippen LogP contribution is -2.40. The number of hydrogen-bond acceptors (Lipinski definition) is 3. The van der Waals surface area contributed by atoms with E-state index in [-0.39, 0.29) is 17.7 Å². The number of halogens is 3. The van der Waals surface area contributed by atoms with Crippen molar-refractivity contribution in [2.45, 2.75) is 12.6 Å². The van der Waals surface area contributed by atoms with E-state index < -0.39 is 19.2 Å². The molecule has 1 aliphatic heterocycles. The van der Waals surface area contributed by atoms with Gasteiger partial charge in [0.05, 0.1) is 0 Å². The number of fused-ring (bicyclic) bond motifs is 1. The summed E-state index contributed by atoms with van der Waals surface area (Å²) >= 11 is 0. The molecule has 1 aromatic carbocycles. The van der Waals surface area contributed by atoms with Gasteiger partial charge in [0.15, 0.2) is 0 Å². The molecule has 0 saturated heterocycles. The van der Waals surface area contributed by atoms with Crippen molar-refractivity contribution in [1.82, 2.24) is 0 Å². The van der Waals surface area contributed by atoms with Crippen LogP contribution in [-0.4, -0.2) is 35.8 Å². The van der Waals surface area contributed by atoms with Gasteiger partial charge in [0, 0.05) is 12.2 Å². The Hall–Kier alpha value is -1.54. The summed E-state index contributed by atoms with van der Waals surface area (Å²) in [6.07, 6.45) is -4.62. The molecular formula is C10H9BF3NO3. The SMILES string of the molecule is O=C(N1CCc2ccc(B(O)O)cc21)C(F)(F)F. The molecule has 0 saturated carbocycles. The van der Waals surface area contributed by atoms with Gasteiger partial charge in [-0.2, -0.15) is 13.2 Å². The van der Waals surface area contributed by atoms with Gasteiger partial charge in [0.1, 0.15) is 0 Å². The van der Waals surface area contributed by atoms with Gasteiger partial charge in [-0.05, 0) is 23.5 Å². The third-order valence-corrected chi connectivity index (χ3v) is 2.79. The highest BCUT2D eigenvalue weighted by Crippen LogP contribution is 2.31. The van der Waals surface area contributed by atoms with Gasteiger partial charge < -0.3 is 14.9 Å². The van der Waals surface area contributed by atoms with Crippen molar-refractivity contribution in [2.24, 2.45) is 0 Å². The van der Waals surface area contributed by atoms with Gasteiger partial charge in [-0.3, -0.25) is 4.79 Å². The van der Waals surface area contributed by atoms with E-state index in [2.05, 4.69) is 0 Å². The Morgan fingerprint density at radius 1 is 1.33 bits per heavy atom. The average Bonchev–Trinajstić information content (AvgIpc) is 2.68. The lowest BCUT2D eigenvalue weighted by atomic mass is 9.79. The molecule has 96 valence electrons. The first-order valence-corrected chi connectivity index (χ1v) is 5.18. The second-order valence-electron chi connectivity index (χ2n) is 3.97. The number of nitrogens with zero attached hydrogens (tertiary/aromatic N) is 1. The van der Waals surface area contributed by atoms with E-state index in [1.807, 2.05) is 0 Å². The first-order chi connectivity index (χ1) is 8.30. The molecule has 0 aromatic heterocycles. The van der Waals surface area contributed by atoms with E-state index >= 15 is 0 Å². The predicted octanol–water partition coefficient (Wildman–Crippen LogP) is -0.182. The Morgan fingerprint density at radius 3 is 2.56 bits per heavy atom. The van der Waals surface area contributed by atoms with E-state index in [9.17, 15) is 18.0 Å². The number of rotatable bonds is 1. The quantitative estimate of drug-likeness (QED) is 0.687. The summed E-state index contributed by atoms with van der Waals surface area (Å²) in [5.74, 6) is -1.94. The molecule has 1 aromatic rings. The van der Waals surface area contributed by atoms with Crippen molar-refractivity contribution in [3.63, 3.8) is 0 Å². The number of hydrogen-bond donors (Lipinski definition) is 2. The van der Waals surface area contributed by atoms with Crippen LogP contribution < -0.4 is 10.4 Å². The van der Waals surface area contributed by atoms with E-state index in [4.69, 9.17) is 10.0 Å². The molecular weight excluding hydrogens is 250 g/mol. The third kappa shape index (κ3) is 2.21. The number of alkyl halides is 3. The van der Waals surface area contributed by atoms with Gasteiger partial charge in [0.2, 0.25) is 0 Å². The maximum atomic E-state index is 12.4. The number of amides is 1. The standard InChI is InChI=1S/C10H9BF3NO3/c12-10(13,14)9(16)15-4-3-6-1-2-7(11(17)18)5-8(6)15/h1-2,5,17-18H,3-4H2. The molecule has 1 aliphatic rings. The summed E-state index contributed by atoms with van der Waals surface area (Å²) in [5.41, 5.74) is 0.718. The molecule has 2 rings (SSSR count). The molecule has 1 heterocycles. The van der Waals surface area contributed by atoms with Crippen LogP contribution in [-0.2, 0) is 11.2 Å². The number of carbonyl (C=O) groups excluding carboxylic acids is 1. The molecule has 0 spiro atoms. The molecule has 0 radical (unpaired) electrons. The van der Waals surface area contributed by atoms with Crippen molar-refractivity contribution < 1.29 is 28.0 Å². The molecule has 1 amide bonds. The summed E-state index contributed by atoms with van der Waals surface area (Å²) in [7, 11) is -1.78. The predicted molar refractivity (Wildman–Crippen MR) is 58.4 cm³/mol. The molecule has 2 N–H and O–H groups in total. The number of anilines is 1. The van der Waals surface area contributed by atoms with Crippen molar-refractivity contribution in [3.05, 3.63) is 23.8 Å². The molecule has 0 bridgehead atoms. The van der Waals surface area contributed by atoms with Gasteiger partial charge in [0.25, 0.3) is 0 Å². The van der Waals surface area contributed by atoms with Crippen LogP contribution in [0, 0.1) is 0 Å². The van der Waals surface area contributed by atoms with E-state index in [1.165, 1.54) is 18.2 Å². The highest BCUT2D eigenvalue weighted by atomic mass is 19.4. The molecule has 0 fully saturated rings. The highest BCUT2D eigenvalue weighted by Gasteiger charge is 2.44. The lowest BCUT2D eigenvalue weighted by Gasteiger charge is -2.19. The summed E-state index contributed by atoms with van der Waals surface area (Å²) in [6.45, 7) is -0.0569. The summed E-state index contributed by atoms with van der Waals surface area (Å²) < 4.78 is 37.1. The van der Waals surface area contributed by atoms with Crippen molar-refractivity contribution >= 4 is 24.2 Å². The monoisotopic (exact) mass is 259 g/mol. The second-order valence-corrected chi connectivity index (χ2v) is 3.97. The Labute approximate surface area is 101 Å². The Balaban J connectivity index is 2.37. The van der Waals surface area contributed by atoms with Crippen LogP contribution in [0.3, 0.4) is 0 Å². The summed E-state index contributed by atoms with van der Waals surface area (Å²) in [5, 5.41) is 17.9. The number of carbonyl (C=O) groups is 1. The van der Waals surface area contributed by atoms with Crippen LogP contribution in [0.25, 0.3) is 0 Å². The molecule has 0 aliphatic carbocycles. The zero-order valence-electron chi connectivity index (χ0n) is 9.11. The maximum absolute atomic E-state index is 12.4. The van der Waals surface area contributed by atoms with Gasteiger partial charge in [-0.1, -0.05) is 12.1 Å². The Morgan fingerprint density at radius 2 is 2.00 bits per heavy atom. The average molecular weight is 259 g/mol. The first-order valence-electron chi connectivity index (χ1n) is 5.18. The van der Waals surface area contributed by atoms with Crippen molar-refractivity contribution in [2.75, 3.05) is 11.4 Å². The van der Waals surface area contributed by atoms with E-state index in [0.717, 1.165) is 0 Å². The molecule has 4 nitrogen and oxygen atoms in total. The third-order valence-electron chi connectivity index (χ3n) is 2.79. The normalized spacial score (nSPS) is 14.6. The molecule has 8 heteroatoms. The minimum absolute atomic E-state index is 0.0515. The molecule has 18 heavy (non-hydrogen) atoms. The second kappa shape index (κ2) is 4.29. The van der Waals surface area contributed by atoms with Crippen LogP contribution >= 0.6 is 0 Å². The Kier molecular flexibility index (Phi) is 3.08. The largest absolute Gasteiger partial charge is 0.488 e. The van der Waals surface area contributed by atoms with Gasteiger partial charge >= 0.3 is 19.2 Å². The lowest BCUT2D eigenvalue weighted by molar-refractivity contribution is -0.170. The van der Waals surface area contributed by atoms with Crippen LogP contribution in [0.5, 0.6) is 0 Å². The summed E-state index contributed by atoms with van der Waals surface area (Å²) in [6, 6.07) is 4.09. The minimum atomic E-state index is -4.94. The zero-order chi connectivity index (χ0) is 13.5. The van der Waals surface area contributed by atoms with E-state index in [1.54, 1.807) is 0 Å².